The van der Waals surface area contributed by atoms with E-state index in [0.717, 1.165) is 22.3 Å². The third-order valence-corrected chi connectivity index (χ3v) is 5.62. The van der Waals surface area contributed by atoms with Crippen LogP contribution in [0.3, 0.4) is 0 Å². The number of hydrogen-bond donors (Lipinski definition) is 1. The number of nitrogens with one attached hydrogen (secondary N) is 1. The number of ether oxygens (including phenoxy) is 2. The lowest BCUT2D eigenvalue weighted by atomic mass is 10.0. The van der Waals surface area contributed by atoms with Crippen molar-refractivity contribution in [2.75, 3.05) is 7.11 Å². The SMILES string of the molecule is COc1cc(/C=N/NC(=O)Cc2ccc(C)cc2C)cc(Br)c1OCc1ccc([N+](=O)[O-])cc1. The van der Waals surface area contributed by atoms with Crippen LogP contribution in [0.15, 0.2) is 64.2 Å². The summed E-state index contributed by atoms with van der Waals surface area (Å²) >= 11 is 3.48. The molecule has 0 saturated carbocycles. The number of non-ortho nitro benzene ring substituents is 1. The Morgan fingerprint density at radius 2 is 1.88 bits per heavy atom. The number of nitrogens with zero attached hydrogens (tertiary/aromatic N) is 2. The minimum absolute atomic E-state index is 0.0206. The lowest BCUT2D eigenvalue weighted by Gasteiger charge is -2.13. The Labute approximate surface area is 205 Å². The normalized spacial score (nSPS) is 10.8. The summed E-state index contributed by atoms with van der Waals surface area (Å²) in [6.45, 7) is 4.20. The van der Waals surface area contributed by atoms with E-state index in [1.807, 2.05) is 32.0 Å². The number of hydrogen-bond acceptors (Lipinski definition) is 6. The van der Waals surface area contributed by atoms with E-state index in [1.165, 1.54) is 25.5 Å². The molecule has 0 aliphatic rings. The van der Waals surface area contributed by atoms with Crippen LogP contribution in [0.5, 0.6) is 11.5 Å². The number of rotatable bonds is 9. The van der Waals surface area contributed by atoms with Gasteiger partial charge >= 0.3 is 0 Å². The van der Waals surface area contributed by atoms with Gasteiger partial charge in [0.05, 0.1) is 29.1 Å². The molecule has 1 amide bonds. The van der Waals surface area contributed by atoms with Crippen molar-refractivity contribution in [1.82, 2.24) is 5.43 Å². The second kappa shape index (κ2) is 11.4. The number of carbonyl (C=O) groups excluding carboxylic acids is 1. The molecule has 176 valence electrons. The Kier molecular flexibility index (Phi) is 8.37. The number of nitro groups is 1. The first-order valence-electron chi connectivity index (χ1n) is 10.4. The van der Waals surface area contributed by atoms with Crippen LogP contribution in [0.25, 0.3) is 0 Å². The summed E-state index contributed by atoms with van der Waals surface area (Å²) in [5.41, 5.74) is 7.21. The molecule has 9 heteroatoms. The molecule has 0 radical (unpaired) electrons. The van der Waals surface area contributed by atoms with E-state index in [0.29, 0.717) is 21.5 Å². The first-order valence-corrected chi connectivity index (χ1v) is 11.2. The second-order valence-electron chi connectivity index (χ2n) is 7.65. The summed E-state index contributed by atoms with van der Waals surface area (Å²) in [4.78, 5) is 22.6. The van der Waals surface area contributed by atoms with Gasteiger partial charge in [0.1, 0.15) is 6.61 Å². The maximum atomic E-state index is 12.2. The van der Waals surface area contributed by atoms with E-state index < -0.39 is 4.92 Å². The minimum atomic E-state index is -0.448. The molecule has 1 N–H and O–H groups in total. The smallest absolute Gasteiger partial charge is 0.269 e. The third-order valence-electron chi connectivity index (χ3n) is 5.03. The number of nitro benzene ring substituents is 1. The van der Waals surface area contributed by atoms with Crippen LogP contribution in [-0.2, 0) is 17.8 Å². The highest BCUT2D eigenvalue weighted by atomic mass is 79.9. The first-order chi connectivity index (χ1) is 16.3. The molecule has 0 aliphatic heterocycles. The van der Waals surface area contributed by atoms with Gasteiger partial charge in [-0.3, -0.25) is 14.9 Å². The molecular formula is C25H24BrN3O5. The van der Waals surface area contributed by atoms with Crippen molar-refractivity contribution in [3.63, 3.8) is 0 Å². The molecule has 0 spiro atoms. The van der Waals surface area contributed by atoms with Gasteiger partial charge in [0, 0.05) is 12.1 Å². The number of aryl methyl sites for hydroxylation is 2. The van der Waals surface area contributed by atoms with Crippen LogP contribution in [0.1, 0.15) is 27.8 Å². The van der Waals surface area contributed by atoms with Crippen LogP contribution in [0.4, 0.5) is 5.69 Å². The molecule has 0 saturated heterocycles. The van der Waals surface area contributed by atoms with Crippen molar-refractivity contribution >= 4 is 33.7 Å². The van der Waals surface area contributed by atoms with Gasteiger partial charge in [-0.05, 0) is 76.3 Å². The van der Waals surface area contributed by atoms with E-state index in [4.69, 9.17) is 9.47 Å². The van der Waals surface area contributed by atoms with Crippen LogP contribution in [0.2, 0.25) is 0 Å². The summed E-state index contributed by atoms with van der Waals surface area (Å²) < 4.78 is 12.0. The second-order valence-corrected chi connectivity index (χ2v) is 8.50. The highest BCUT2D eigenvalue weighted by Gasteiger charge is 2.13. The molecule has 3 aromatic rings. The first kappa shape index (κ1) is 24.9. The Morgan fingerprint density at radius 1 is 1.15 bits per heavy atom. The van der Waals surface area contributed by atoms with Gasteiger partial charge in [-0.25, -0.2) is 5.43 Å². The topological polar surface area (TPSA) is 103 Å². The number of carbonyl (C=O) groups is 1. The summed E-state index contributed by atoms with van der Waals surface area (Å²) in [7, 11) is 1.52. The number of benzene rings is 3. The van der Waals surface area contributed by atoms with Crippen molar-refractivity contribution in [3.8, 4) is 11.5 Å². The van der Waals surface area contributed by atoms with Crippen molar-refractivity contribution in [2.24, 2.45) is 5.10 Å². The lowest BCUT2D eigenvalue weighted by molar-refractivity contribution is -0.384. The van der Waals surface area contributed by atoms with Gasteiger partial charge in [-0.1, -0.05) is 23.8 Å². The lowest BCUT2D eigenvalue weighted by Crippen LogP contribution is -2.20. The molecule has 0 heterocycles. The van der Waals surface area contributed by atoms with E-state index in [-0.39, 0.29) is 24.6 Å². The number of methoxy groups -OCH3 is 1. The summed E-state index contributed by atoms with van der Waals surface area (Å²) in [6, 6.07) is 15.6. The standard InChI is InChI=1S/C25H24BrN3O5/c1-16-4-7-20(17(2)10-16)13-24(30)28-27-14-19-11-22(26)25(23(12-19)33-3)34-15-18-5-8-21(9-6-18)29(31)32/h4-12,14H,13,15H2,1-3H3,(H,28,30)/b27-14+. The van der Waals surface area contributed by atoms with Gasteiger partial charge in [0.2, 0.25) is 5.91 Å². The zero-order valence-electron chi connectivity index (χ0n) is 19.0. The van der Waals surface area contributed by atoms with Crippen molar-refractivity contribution < 1.29 is 19.2 Å². The number of halogens is 1. The fourth-order valence-corrected chi connectivity index (χ4v) is 3.83. The van der Waals surface area contributed by atoms with Gasteiger partial charge in [-0.15, -0.1) is 0 Å². The molecule has 3 aromatic carbocycles. The van der Waals surface area contributed by atoms with E-state index in [9.17, 15) is 14.9 Å². The molecule has 8 nitrogen and oxygen atoms in total. The largest absolute Gasteiger partial charge is 0.493 e. The number of amides is 1. The zero-order chi connectivity index (χ0) is 24.7. The van der Waals surface area contributed by atoms with Crippen molar-refractivity contribution in [1.29, 1.82) is 0 Å². The van der Waals surface area contributed by atoms with Crippen LogP contribution in [-0.4, -0.2) is 24.2 Å². The number of hydrazone groups is 1. The highest BCUT2D eigenvalue weighted by molar-refractivity contribution is 9.10. The predicted octanol–water partition coefficient (Wildman–Crippen LogP) is 5.25. The predicted molar refractivity (Wildman–Crippen MR) is 133 cm³/mol. The van der Waals surface area contributed by atoms with Gasteiger partial charge in [-0.2, -0.15) is 5.10 Å². The van der Waals surface area contributed by atoms with E-state index in [1.54, 1.807) is 24.3 Å². The fraction of sp³-hybridized carbons (Fsp3) is 0.200. The van der Waals surface area contributed by atoms with Crippen molar-refractivity contribution in [3.05, 3.63) is 97.0 Å². The Morgan fingerprint density at radius 3 is 2.53 bits per heavy atom. The van der Waals surface area contributed by atoms with Gasteiger partial charge in [0.15, 0.2) is 11.5 Å². The average Bonchev–Trinajstić information content (AvgIpc) is 2.80. The molecule has 0 aliphatic carbocycles. The summed E-state index contributed by atoms with van der Waals surface area (Å²) in [6.07, 6.45) is 1.76. The molecule has 0 atom stereocenters. The van der Waals surface area contributed by atoms with Gasteiger partial charge in [0.25, 0.3) is 5.69 Å². The molecule has 0 unspecified atom stereocenters. The van der Waals surface area contributed by atoms with Gasteiger partial charge < -0.3 is 9.47 Å². The molecule has 3 rings (SSSR count). The van der Waals surface area contributed by atoms with Crippen molar-refractivity contribution in [2.45, 2.75) is 26.9 Å². The highest BCUT2D eigenvalue weighted by Crippen LogP contribution is 2.37. The van der Waals surface area contributed by atoms with Crippen LogP contribution >= 0.6 is 15.9 Å². The van der Waals surface area contributed by atoms with E-state index >= 15 is 0 Å². The van der Waals surface area contributed by atoms with Crippen LogP contribution < -0.4 is 14.9 Å². The maximum absolute atomic E-state index is 12.2. The average molecular weight is 526 g/mol. The molecule has 0 bridgehead atoms. The zero-order valence-corrected chi connectivity index (χ0v) is 20.6. The molecule has 34 heavy (non-hydrogen) atoms. The third kappa shape index (κ3) is 6.64. The molecule has 0 aromatic heterocycles. The van der Waals surface area contributed by atoms with E-state index in [2.05, 4.69) is 26.5 Å². The minimum Gasteiger partial charge on any atom is -0.493 e. The Hall–Kier alpha value is -3.72. The Bertz CT molecular complexity index is 1230. The Balaban J connectivity index is 1.63. The molecule has 0 fully saturated rings. The molecular weight excluding hydrogens is 502 g/mol. The monoisotopic (exact) mass is 525 g/mol. The quantitative estimate of drug-likeness (QED) is 0.233. The van der Waals surface area contributed by atoms with Crippen LogP contribution in [0, 0.1) is 24.0 Å². The summed E-state index contributed by atoms with van der Waals surface area (Å²) in [5, 5.41) is 14.8. The maximum Gasteiger partial charge on any atom is 0.269 e. The fourth-order valence-electron chi connectivity index (χ4n) is 3.26. The summed E-state index contributed by atoms with van der Waals surface area (Å²) in [5.74, 6) is 0.744.